The fourth-order valence-corrected chi connectivity index (χ4v) is 3.74. The van der Waals surface area contributed by atoms with Gasteiger partial charge in [0.25, 0.3) is 5.56 Å². The van der Waals surface area contributed by atoms with E-state index in [1.165, 1.54) is 5.56 Å². The van der Waals surface area contributed by atoms with Crippen molar-refractivity contribution in [3.8, 4) is 11.5 Å². The van der Waals surface area contributed by atoms with E-state index in [2.05, 4.69) is 33.1 Å². The second-order valence-electron chi connectivity index (χ2n) is 7.20. The number of hydrogen-bond acceptors (Lipinski definition) is 5. The highest BCUT2D eigenvalue weighted by Crippen LogP contribution is 2.27. The topological polar surface area (TPSA) is 79.7 Å². The second-order valence-corrected chi connectivity index (χ2v) is 7.20. The number of likely N-dealkylation sites (tertiary alicyclic amines) is 1. The van der Waals surface area contributed by atoms with Gasteiger partial charge in [-0.3, -0.25) is 19.4 Å². The standard InChI is InChI=1S/C20H24N6O/c1-14-16(12-25(2)24-14)13-26-9-6-15(7-10-26)18-11-19(27)23-20(22-18)17-5-3-4-8-21-17/h3-5,8,11-12,15H,6-7,9-10,13H2,1-2H3,(H,22,23,27). The first kappa shape index (κ1) is 17.6. The van der Waals surface area contributed by atoms with Gasteiger partial charge in [0, 0.05) is 43.5 Å². The highest BCUT2D eigenvalue weighted by atomic mass is 16.1. The molecule has 0 bridgehead atoms. The Morgan fingerprint density at radius 3 is 2.74 bits per heavy atom. The molecule has 0 aromatic carbocycles. The Balaban J connectivity index is 1.46. The maximum Gasteiger partial charge on any atom is 0.251 e. The van der Waals surface area contributed by atoms with E-state index >= 15 is 0 Å². The summed E-state index contributed by atoms with van der Waals surface area (Å²) in [4.78, 5) is 26.4. The summed E-state index contributed by atoms with van der Waals surface area (Å²) in [5.74, 6) is 0.854. The number of piperidine rings is 1. The van der Waals surface area contributed by atoms with Gasteiger partial charge in [0.2, 0.25) is 0 Å². The van der Waals surface area contributed by atoms with Crippen molar-refractivity contribution in [1.29, 1.82) is 0 Å². The SMILES string of the molecule is Cc1nn(C)cc1CN1CCC(c2cc(=O)[nH]c(-c3ccccn3)n2)CC1. The molecule has 3 aromatic rings. The van der Waals surface area contributed by atoms with Gasteiger partial charge in [-0.25, -0.2) is 4.98 Å². The molecule has 4 rings (SSSR count). The number of aromatic amines is 1. The van der Waals surface area contributed by atoms with Crippen molar-refractivity contribution in [2.75, 3.05) is 13.1 Å². The van der Waals surface area contributed by atoms with Crippen molar-refractivity contribution < 1.29 is 0 Å². The normalized spacial score (nSPS) is 15.9. The molecule has 3 aromatic heterocycles. The fourth-order valence-electron chi connectivity index (χ4n) is 3.74. The minimum Gasteiger partial charge on any atom is -0.305 e. The zero-order chi connectivity index (χ0) is 18.8. The van der Waals surface area contributed by atoms with Crippen LogP contribution in [0.4, 0.5) is 0 Å². The molecular formula is C20H24N6O. The van der Waals surface area contributed by atoms with Crippen molar-refractivity contribution in [3.63, 3.8) is 0 Å². The van der Waals surface area contributed by atoms with Crippen LogP contribution in [0.5, 0.6) is 0 Å². The highest BCUT2D eigenvalue weighted by Gasteiger charge is 2.23. The average Bonchev–Trinajstić information content (AvgIpc) is 2.99. The Morgan fingerprint density at radius 1 is 1.26 bits per heavy atom. The van der Waals surface area contributed by atoms with Gasteiger partial charge in [0.1, 0.15) is 5.69 Å². The summed E-state index contributed by atoms with van der Waals surface area (Å²) in [5, 5.41) is 4.42. The van der Waals surface area contributed by atoms with Crippen molar-refractivity contribution in [2.24, 2.45) is 7.05 Å². The number of aromatic nitrogens is 5. The quantitative estimate of drug-likeness (QED) is 0.768. The van der Waals surface area contributed by atoms with Crippen LogP contribution >= 0.6 is 0 Å². The lowest BCUT2D eigenvalue weighted by Gasteiger charge is -2.31. The first-order valence-corrected chi connectivity index (χ1v) is 9.32. The molecule has 1 aliphatic heterocycles. The highest BCUT2D eigenvalue weighted by molar-refractivity contribution is 5.48. The van der Waals surface area contributed by atoms with E-state index in [9.17, 15) is 4.79 Å². The summed E-state index contributed by atoms with van der Waals surface area (Å²) in [7, 11) is 1.96. The Bertz CT molecular complexity index is 970. The van der Waals surface area contributed by atoms with Crippen molar-refractivity contribution in [3.05, 3.63) is 64.0 Å². The first-order valence-electron chi connectivity index (χ1n) is 9.32. The molecule has 1 N–H and O–H groups in total. The molecule has 0 atom stereocenters. The van der Waals surface area contributed by atoms with Gasteiger partial charge >= 0.3 is 0 Å². The number of nitrogens with zero attached hydrogens (tertiary/aromatic N) is 5. The van der Waals surface area contributed by atoms with Crippen LogP contribution in [0.15, 0.2) is 41.5 Å². The summed E-state index contributed by atoms with van der Waals surface area (Å²) in [6, 6.07) is 7.25. The van der Waals surface area contributed by atoms with Crippen LogP contribution < -0.4 is 5.56 Å². The molecule has 0 radical (unpaired) electrons. The van der Waals surface area contributed by atoms with E-state index in [1.54, 1.807) is 12.3 Å². The molecule has 0 spiro atoms. The summed E-state index contributed by atoms with van der Waals surface area (Å²) >= 11 is 0. The smallest absolute Gasteiger partial charge is 0.251 e. The molecule has 140 valence electrons. The van der Waals surface area contributed by atoms with E-state index in [0.29, 0.717) is 17.4 Å². The van der Waals surface area contributed by atoms with Crippen molar-refractivity contribution in [2.45, 2.75) is 32.2 Å². The number of nitrogens with one attached hydrogen (secondary N) is 1. The number of aryl methyl sites for hydroxylation is 2. The minimum atomic E-state index is -0.117. The van der Waals surface area contributed by atoms with Gasteiger partial charge in [-0.05, 0) is 45.0 Å². The minimum absolute atomic E-state index is 0.117. The third-order valence-corrected chi connectivity index (χ3v) is 5.18. The molecule has 1 aliphatic rings. The number of hydrogen-bond donors (Lipinski definition) is 1. The van der Waals surface area contributed by atoms with Crippen molar-refractivity contribution in [1.82, 2.24) is 29.6 Å². The predicted octanol–water partition coefficient (Wildman–Crippen LogP) is 2.25. The molecule has 1 saturated heterocycles. The van der Waals surface area contributed by atoms with Crippen LogP contribution in [0.1, 0.15) is 35.7 Å². The molecular weight excluding hydrogens is 340 g/mol. The maximum atomic E-state index is 12.1. The van der Waals surface area contributed by atoms with Gasteiger partial charge < -0.3 is 4.98 Å². The average molecular weight is 364 g/mol. The fraction of sp³-hybridized carbons (Fsp3) is 0.400. The molecule has 7 heteroatoms. The Kier molecular flexibility index (Phi) is 4.85. The van der Waals surface area contributed by atoms with E-state index in [-0.39, 0.29) is 5.56 Å². The Morgan fingerprint density at radius 2 is 2.07 bits per heavy atom. The van der Waals surface area contributed by atoms with Crippen LogP contribution in [0, 0.1) is 6.92 Å². The molecule has 27 heavy (non-hydrogen) atoms. The van der Waals surface area contributed by atoms with E-state index < -0.39 is 0 Å². The lowest BCUT2D eigenvalue weighted by molar-refractivity contribution is 0.203. The van der Waals surface area contributed by atoms with E-state index in [1.807, 2.05) is 29.9 Å². The summed E-state index contributed by atoms with van der Waals surface area (Å²) in [6.45, 7) is 4.97. The van der Waals surface area contributed by atoms with Gasteiger partial charge in [-0.2, -0.15) is 5.10 Å². The Hall–Kier alpha value is -2.80. The molecule has 4 heterocycles. The van der Waals surface area contributed by atoms with E-state index in [0.717, 1.165) is 43.9 Å². The number of H-pyrrole nitrogens is 1. The molecule has 0 aliphatic carbocycles. The zero-order valence-electron chi connectivity index (χ0n) is 15.7. The Labute approximate surface area is 158 Å². The number of rotatable bonds is 4. The molecule has 0 unspecified atom stereocenters. The van der Waals surface area contributed by atoms with E-state index in [4.69, 9.17) is 4.98 Å². The van der Waals surface area contributed by atoms with Gasteiger partial charge in [-0.15, -0.1) is 0 Å². The predicted molar refractivity (Wildman–Crippen MR) is 103 cm³/mol. The first-order chi connectivity index (χ1) is 13.1. The summed E-state index contributed by atoms with van der Waals surface area (Å²) in [5.41, 5.74) is 3.82. The lowest BCUT2D eigenvalue weighted by Crippen LogP contribution is -2.33. The van der Waals surface area contributed by atoms with Gasteiger partial charge in [0.15, 0.2) is 5.82 Å². The monoisotopic (exact) mass is 364 g/mol. The van der Waals surface area contributed by atoms with Gasteiger partial charge in [0.05, 0.1) is 11.4 Å². The number of pyridine rings is 1. The third kappa shape index (κ3) is 3.98. The third-order valence-electron chi connectivity index (χ3n) is 5.18. The van der Waals surface area contributed by atoms with Crippen molar-refractivity contribution >= 4 is 0 Å². The molecule has 7 nitrogen and oxygen atoms in total. The van der Waals surface area contributed by atoms with Crippen LogP contribution in [0.3, 0.4) is 0 Å². The van der Waals surface area contributed by atoms with Gasteiger partial charge in [-0.1, -0.05) is 6.07 Å². The lowest BCUT2D eigenvalue weighted by atomic mass is 9.93. The zero-order valence-corrected chi connectivity index (χ0v) is 15.7. The summed E-state index contributed by atoms with van der Waals surface area (Å²) < 4.78 is 1.87. The summed E-state index contributed by atoms with van der Waals surface area (Å²) in [6.07, 6.45) is 5.80. The van der Waals surface area contributed by atoms with Crippen LogP contribution in [-0.2, 0) is 13.6 Å². The maximum absolute atomic E-state index is 12.1. The largest absolute Gasteiger partial charge is 0.305 e. The molecule has 1 fully saturated rings. The van der Waals surface area contributed by atoms with Crippen LogP contribution in [0.25, 0.3) is 11.5 Å². The molecule has 0 amide bonds. The van der Waals surface area contributed by atoms with Crippen LogP contribution in [-0.4, -0.2) is 42.7 Å². The van der Waals surface area contributed by atoms with Crippen LogP contribution in [0.2, 0.25) is 0 Å². The second kappa shape index (κ2) is 7.44. The molecule has 0 saturated carbocycles.